The van der Waals surface area contributed by atoms with Crippen molar-refractivity contribution >= 4 is 18.0 Å². The number of amides is 2. The van der Waals surface area contributed by atoms with E-state index in [-0.39, 0.29) is 17.5 Å². The first-order valence-electron chi connectivity index (χ1n) is 7.05. The molecule has 0 bridgehead atoms. The number of hydrogen-bond donors (Lipinski definition) is 3. The molecule has 7 heteroatoms. The monoisotopic (exact) mass is 306 g/mol. The fourth-order valence-electron chi connectivity index (χ4n) is 2.59. The summed E-state index contributed by atoms with van der Waals surface area (Å²) in [6.07, 6.45) is 1.74. The smallest absolute Gasteiger partial charge is 0.335 e. The molecule has 0 saturated carbocycles. The number of likely N-dealkylation sites (tertiary alicyclic amines) is 1. The van der Waals surface area contributed by atoms with Gasteiger partial charge >= 0.3 is 18.0 Å². The summed E-state index contributed by atoms with van der Waals surface area (Å²) in [5, 5.41) is 19.8. The van der Waals surface area contributed by atoms with Crippen LogP contribution in [0.3, 0.4) is 0 Å². The summed E-state index contributed by atoms with van der Waals surface area (Å²) in [5.74, 6) is -1.91. The molecule has 1 atom stereocenters. The molecule has 0 aliphatic carbocycles. The van der Waals surface area contributed by atoms with E-state index in [0.717, 1.165) is 18.4 Å². The van der Waals surface area contributed by atoms with Gasteiger partial charge in [-0.15, -0.1) is 0 Å². The van der Waals surface area contributed by atoms with Crippen molar-refractivity contribution in [1.82, 2.24) is 10.2 Å². The lowest BCUT2D eigenvalue weighted by molar-refractivity contribution is -0.135. The Morgan fingerprint density at radius 3 is 2.45 bits per heavy atom. The molecule has 22 heavy (non-hydrogen) atoms. The van der Waals surface area contributed by atoms with E-state index in [0.29, 0.717) is 13.1 Å². The van der Waals surface area contributed by atoms with Crippen LogP contribution in [0.1, 0.15) is 34.7 Å². The largest absolute Gasteiger partial charge is 0.480 e. The van der Waals surface area contributed by atoms with E-state index < -0.39 is 18.5 Å². The van der Waals surface area contributed by atoms with Crippen LogP contribution in [-0.2, 0) is 4.79 Å². The van der Waals surface area contributed by atoms with Crippen LogP contribution in [0.15, 0.2) is 24.3 Å². The molecular weight excluding hydrogens is 288 g/mol. The van der Waals surface area contributed by atoms with Crippen LogP contribution in [0.25, 0.3) is 0 Å². The van der Waals surface area contributed by atoms with Gasteiger partial charge in [-0.25, -0.2) is 9.59 Å². The second-order valence-corrected chi connectivity index (χ2v) is 5.26. The summed E-state index contributed by atoms with van der Waals surface area (Å²) < 4.78 is 0. The van der Waals surface area contributed by atoms with Crippen molar-refractivity contribution in [2.45, 2.75) is 18.8 Å². The van der Waals surface area contributed by atoms with Gasteiger partial charge in [0.05, 0.1) is 5.56 Å². The Bertz CT molecular complexity index is 570. The fourth-order valence-corrected chi connectivity index (χ4v) is 2.59. The lowest BCUT2D eigenvalue weighted by atomic mass is 9.90. The van der Waals surface area contributed by atoms with Crippen molar-refractivity contribution in [3.8, 4) is 0 Å². The standard InChI is InChI=1S/C15H18N2O5/c18-13(19)8-16-15(22)17-7-1-2-12(9-17)10-3-5-11(6-4-10)14(20)21/h3-6,12H,1-2,7-9H2,(H,16,22)(H,18,19)(H,20,21)/t12-/m1/s1. The van der Waals surface area contributed by atoms with Crippen LogP contribution < -0.4 is 5.32 Å². The first kappa shape index (κ1) is 15.8. The van der Waals surface area contributed by atoms with E-state index in [1.807, 2.05) is 0 Å². The third-order valence-corrected chi connectivity index (χ3v) is 3.73. The fraction of sp³-hybridized carbons (Fsp3) is 0.400. The second-order valence-electron chi connectivity index (χ2n) is 5.26. The highest BCUT2D eigenvalue weighted by molar-refractivity contribution is 5.87. The number of nitrogens with zero attached hydrogens (tertiary/aromatic N) is 1. The number of urea groups is 1. The number of rotatable bonds is 4. The van der Waals surface area contributed by atoms with Crippen LogP contribution >= 0.6 is 0 Å². The van der Waals surface area contributed by atoms with Crippen LogP contribution in [0.2, 0.25) is 0 Å². The zero-order valence-corrected chi connectivity index (χ0v) is 12.0. The lowest BCUT2D eigenvalue weighted by Gasteiger charge is -2.33. The summed E-state index contributed by atoms with van der Waals surface area (Å²) in [4.78, 5) is 34.8. The number of nitrogens with one attached hydrogen (secondary N) is 1. The Morgan fingerprint density at radius 2 is 1.86 bits per heavy atom. The quantitative estimate of drug-likeness (QED) is 0.778. The SMILES string of the molecule is O=C(O)CNC(=O)N1CCC[C@@H](c2ccc(C(=O)O)cc2)C1. The summed E-state index contributed by atoms with van der Waals surface area (Å²) >= 11 is 0. The number of hydrogen-bond acceptors (Lipinski definition) is 3. The van der Waals surface area contributed by atoms with Gasteiger partial charge in [-0.3, -0.25) is 4.79 Å². The summed E-state index contributed by atoms with van der Waals surface area (Å²) in [6, 6.07) is 6.27. The third kappa shape index (κ3) is 3.97. The Kier molecular flexibility index (Phi) is 4.98. The van der Waals surface area contributed by atoms with E-state index in [1.54, 1.807) is 29.2 Å². The summed E-state index contributed by atoms with van der Waals surface area (Å²) in [7, 11) is 0. The van der Waals surface area contributed by atoms with Gasteiger partial charge in [-0.2, -0.15) is 0 Å². The molecule has 1 aliphatic rings. The highest BCUT2D eigenvalue weighted by Gasteiger charge is 2.25. The topological polar surface area (TPSA) is 107 Å². The van der Waals surface area contributed by atoms with Crippen molar-refractivity contribution < 1.29 is 24.6 Å². The maximum absolute atomic E-state index is 11.9. The molecule has 3 N–H and O–H groups in total. The number of aliphatic carboxylic acids is 1. The molecule has 0 radical (unpaired) electrons. The second kappa shape index (κ2) is 6.93. The molecule has 0 unspecified atom stereocenters. The Hall–Kier alpha value is -2.57. The molecule has 1 heterocycles. The van der Waals surface area contributed by atoms with Crippen LogP contribution in [0.4, 0.5) is 4.79 Å². The van der Waals surface area contributed by atoms with E-state index in [4.69, 9.17) is 10.2 Å². The van der Waals surface area contributed by atoms with E-state index >= 15 is 0 Å². The van der Waals surface area contributed by atoms with Gasteiger partial charge in [0.25, 0.3) is 0 Å². The van der Waals surface area contributed by atoms with Crippen molar-refractivity contribution in [2.75, 3.05) is 19.6 Å². The Morgan fingerprint density at radius 1 is 1.18 bits per heavy atom. The molecule has 1 aromatic rings. The van der Waals surface area contributed by atoms with E-state index in [9.17, 15) is 14.4 Å². The number of carboxylic acid groups (broad SMARTS) is 2. The minimum atomic E-state index is -1.08. The average Bonchev–Trinajstić information content (AvgIpc) is 2.52. The van der Waals surface area contributed by atoms with Gasteiger partial charge in [0.1, 0.15) is 6.54 Å². The molecule has 118 valence electrons. The number of aromatic carboxylic acids is 1. The molecule has 1 saturated heterocycles. The highest BCUT2D eigenvalue weighted by Crippen LogP contribution is 2.27. The van der Waals surface area contributed by atoms with Crippen LogP contribution in [0, 0.1) is 0 Å². The number of benzene rings is 1. The predicted molar refractivity (Wildman–Crippen MR) is 78.0 cm³/mol. The maximum Gasteiger partial charge on any atom is 0.335 e. The number of carbonyl (C=O) groups is 3. The van der Waals surface area contributed by atoms with Gasteiger partial charge in [0, 0.05) is 19.0 Å². The van der Waals surface area contributed by atoms with Crippen LogP contribution in [-0.4, -0.2) is 52.7 Å². The minimum Gasteiger partial charge on any atom is -0.480 e. The van der Waals surface area contributed by atoms with E-state index in [1.165, 1.54) is 0 Å². The van der Waals surface area contributed by atoms with Crippen molar-refractivity contribution in [3.05, 3.63) is 35.4 Å². The molecule has 0 aromatic heterocycles. The van der Waals surface area contributed by atoms with Crippen LogP contribution in [0.5, 0.6) is 0 Å². The minimum absolute atomic E-state index is 0.132. The van der Waals surface area contributed by atoms with Gasteiger partial charge in [0.15, 0.2) is 0 Å². The Balaban J connectivity index is 1.99. The maximum atomic E-state index is 11.9. The van der Waals surface area contributed by atoms with Gasteiger partial charge in [-0.05, 0) is 30.5 Å². The lowest BCUT2D eigenvalue weighted by Crippen LogP contribution is -2.46. The third-order valence-electron chi connectivity index (χ3n) is 3.73. The van der Waals surface area contributed by atoms with Gasteiger partial charge in [-0.1, -0.05) is 12.1 Å². The van der Waals surface area contributed by atoms with Crippen molar-refractivity contribution in [3.63, 3.8) is 0 Å². The normalized spacial score (nSPS) is 17.8. The number of carboxylic acids is 2. The number of piperidine rings is 1. The molecule has 1 fully saturated rings. The van der Waals surface area contributed by atoms with Crippen molar-refractivity contribution in [2.24, 2.45) is 0 Å². The molecular formula is C15H18N2O5. The highest BCUT2D eigenvalue weighted by atomic mass is 16.4. The molecule has 2 amide bonds. The van der Waals surface area contributed by atoms with E-state index in [2.05, 4.69) is 5.32 Å². The number of carbonyl (C=O) groups excluding carboxylic acids is 1. The zero-order valence-electron chi connectivity index (χ0n) is 12.0. The van der Waals surface area contributed by atoms with Gasteiger partial charge in [0.2, 0.25) is 0 Å². The molecule has 1 aliphatic heterocycles. The van der Waals surface area contributed by atoms with Crippen molar-refractivity contribution in [1.29, 1.82) is 0 Å². The zero-order chi connectivity index (χ0) is 16.1. The Labute approximate surface area is 127 Å². The first-order chi connectivity index (χ1) is 10.5. The molecule has 0 spiro atoms. The molecule has 7 nitrogen and oxygen atoms in total. The first-order valence-corrected chi connectivity index (χ1v) is 7.05. The van der Waals surface area contributed by atoms with Gasteiger partial charge < -0.3 is 20.4 Å². The molecule has 1 aromatic carbocycles. The summed E-state index contributed by atoms with van der Waals surface area (Å²) in [6.45, 7) is 0.695. The average molecular weight is 306 g/mol. The summed E-state index contributed by atoms with van der Waals surface area (Å²) in [5.41, 5.74) is 1.22. The predicted octanol–water partition coefficient (Wildman–Crippen LogP) is 1.36. The molecule has 2 rings (SSSR count).